The van der Waals surface area contributed by atoms with Crippen molar-refractivity contribution in [1.29, 1.82) is 0 Å². The SMILES string of the molecule is CCc1nncn1CCNC(=NC)NC1CCN(c2ccccc2)C1. The van der Waals surface area contributed by atoms with Crippen LogP contribution in [0.2, 0.25) is 0 Å². The Bertz CT molecular complexity index is 680. The van der Waals surface area contributed by atoms with Crippen molar-refractivity contribution in [2.24, 2.45) is 4.99 Å². The highest BCUT2D eigenvalue weighted by Gasteiger charge is 2.23. The number of anilines is 1. The highest BCUT2D eigenvalue weighted by molar-refractivity contribution is 5.80. The molecule has 2 aromatic rings. The van der Waals surface area contributed by atoms with Gasteiger partial charge in [-0.1, -0.05) is 25.1 Å². The van der Waals surface area contributed by atoms with E-state index in [0.29, 0.717) is 6.04 Å². The molecule has 1 unspecified atom stereocenters. The van der Waals surface area contributed by atoms with Gasteiger partial charge in [-0.3, -0.25) is 4.99 Å². The molecule has 1 aromatic carbocycles. The van der Waals surface area contributed by atoms with Crippen LogP contribution in [0.1, 0.15) is 19.2 Å². The smallest absolute Gasteiger partial charge is 0.191 e. The average Bonchev–Trinajstić information content (AvgIpc) is 3.30. The molecule has 1 aromatic heterocycles. The fourth-order valence-electron chi connectivity index (χ4n) is 3.17. The molecule has 134 valence electrons. The molecule has 0 saturated carbocycles. The zero-order valence-corrected chi connectivity index (χ0v) is 15.0. The van der Waals surface area contributed by atoms with Gasteiger partial charge in [0.25, 0.3) is 0 Å². The van der Waals surface area contributed by atoms with Crippen molar-refractivity contribution in [3.8, 4) is 0 Å². The van der Waals surface area contributed by atoms with Gasteiger partial charge in [0.1, 0.15) is 12.2 Å². The first-order chi connectivity index (χ1) is 12.3. The van der Waals surface area contributed by atoms with Crippen LogP contribution in [0.4, 0.5) is 5.69 Å². The number of rotatable bonds is 6. The maximum atomic E-state index is 4.35. The van der Waals surface area contributed by atoms with E-state index >= 15 is 0 Å². The van der Waals surface area contributed by atoms with Gasteiger partial charge in [-0.25, -0.2) is 0 Å². The lowest BCUT2D eigenvalue weighted by Crippen LogP contribution is -2.45. The lowest BCUT2D eigenvalue weighted by molar-refractivity contribution is 0.611. The van der Waals surface area contributed by atoms with Crippen molar-refractivity contribution >= 4 is 11.6 Å². The summed E-state index contributed by atoms with van der Waals surface area (Å²) in [4.78, 5) is 6.76. The van der Waals surface area contributed by atoms with Crippen LogP contribution in [0.5, 0.6) is 0 Å². The molecule has 3 rings (SSSR count). The van der Waals surface area contributed by atoms with Gasteiger partial charge in [-0.05, 0) is 18.6 Å². The van der Waals surface area contributed by atoms with Gasteiger partial charge in [0, 0.05) is 51.4 Å². The molecule has 0 radical (unpaired) electrons. The summed E-state index contributed by atoms with van der Waals surface area (Å²) in [5, 5.41) is 15.0. The normalized spacial score (nSPS) is 17.8. The number of benzene rings is 1. The zero-order chi connectivity index (χ0) is 17.5. The Balaban J connectivity index is 1.45. The maximum absolute atomic E-state index is 4.35. The highest BCUT2D eigenvalue weighted by atomic mass is 15.3. The van der Waals surface area contributed by atoms with Crippen molar-refractivity contribution in [3.05, 3.63) is 42.5 Å². The number of nitrogens with one attached hydrogen (secondary N) is 2. The summed E-state index contributed by atoms with van der Waals surface area (Å²) in [5.41, 5.74) is 1.29. The molecule has 1 saturated heterocycles. The second-order valence-electron chi connectivity index (χ2n) is 6.20. The number of nitrogens with zero attached hydrogens (tertiary/aromatic N) is 5. The third-order valence-corrected chi connectivity index (χ3v) is 4.53. The molecule has 25 heavy (non-hydrogen) atoms. The lowest BCUT2D eigenvalue weighted by atomic mass is 10.3. The van der Waals surface area contributed by atoms with Crippen LogP contribution in [0.15, 0.2) is 41.7 Å². The van der Waals surface area contributed by atoms with Gasteiger partial charge in [-0.15, -0.1) is 10.2 Å². The zero-order valence-electron chi connectivity index (χ0n) is 15.0. The predicted octanol–water partition coefficient (Wildman–Crippen LogP) is 1.28. The van der Waals surface area contributed by atoms with Crippen molar-refractivity contribution in [3.63, 3.8) is 0 Å². The Morgan fingerprint density at radius 3 is 2.92 bits per heavy atom. The average molecular weight is 341 g/mol. The second kappa shape index (κ2) is 8.50. The summed E-state index contributed by atoms with van der Waals surface area (Å²) in [7, 11) is 1.81. The number of guanidine groups is 1. The Labute approximate surface area is 149 Å². The van der Waals surface area contributed by atoms with E-state index < -0.39 is 0 Å². The minimum Gasteiger partial charge on any atom is -0.369 e. The van der Waals surface area contributed by atoms with E-state index in [-0.39, 0.29) is 0 Å². The quantitative estimate of drug-likeness (QED) is 0.612. The molecule has 2 N–H and O–H groups in total. The van der Waals surface area contributed by atoms with Gasteiger partial charge < -0.3 is 20.1 Å². The van der Waals surface area contributed by atoms with Crippen LogP contribution in [0, 0.1) is 0 Å². The van der Waals surface area contributed by atoms with Crippen molar-refractivity contribution < 1.29 is 0 Å². The predicted molar refractivity (Wildman–Crippen MR) is 101 cm³/mol. The van der Waals surface area contributed by atoms with Crippen LogP contribution in [-0.2, 0) is 13.0 Å². The molecule has 1 atom stereocenters. The summed E-state index contributed by atoms with van der Waals surface area (Å²) in [5.74, 6) is 1.87. The molecule has 1 aliphatic heterocycles. The summed E-state index contributed by atoms with van der Waals surface area (Å²) in [6, 6.07) is 11.0. The van der Waals surface area contributed by atoms with Crippen molar-refractivity contribution in [1.82, 2.24) is 25.4 Å². The molecule has 0 spiro atoms. The van der Waals surface area contributed by atoms with E-state index in [9.17, 15) is 0 Å². The molecule has 1 fully saturated rings. The van der Waals surface area contributed by atoms with E-state index in [1.165, 1.54) is 5.69 Å². The van der Waals surface area contributed by atoms with Gasteiger partial charge in [-0.2, -0.15) is 0 Å². The minimum atomic E-state index is 0.410. The summed E-state index contributed by atoms with van der Waals surface area (Å²) in [6.45, 7) is 5.78. The molecule has 2 heterocycles. The van der Waals surface area contributed by atoms with E-state index in [0.717, 1.165) is 50.8 Å². The molecular formula is C18H27N7. The fraction of sp³-hybridized carbons (Fsp3) is 0.500. The third kappa shape index (κ3) is 4.49. The monoisotopic (exact) mass is 341 g/mol. The van der Waals surface area contributed by atoms with E-state index in [1.54, 1.807) is 6.33 Å². The minimum absolute atomic E-state index is 0.410. The number of aryl methyl sites for hydroxylation is 1. The Morgan fingerprint density at radius 2 is 2.16 bits per heavy atom. The second-order valence-corrected chi connectivity index (χ2v) is 6.20. The first kappa shape index (κ1) is 17.3. The number of hydrogen-bond acceptors (Lipinski definition) is 4. The molecule has 7 heteroatoms. The largest absolute Gasteiger partial charge is 0.369 e. The van der Waals surface area contributed by atoms with Gasteiger partial charge in [0.2, 0.25) is 0 Å². The third-order valence-electron chi connectivity index (χ3n) is 4.53. The van der Waals surface area contributed by atoms with Gasteiger partial charge >= 0.3 is 0 Å². The van der Waals surface area contributed by atoms with Crippen LogP contribution in [-0.4, -0.2) is 53.4 Å². The fourth-order valence-corrected chi connectivity index (χ4v) is 3.17. The number of aliphatic imine (C=N–C) groups is 1. The van der Waals surface area contributed by atoms with E-state index in [1.807, 2.05) is 7.05 Å². The van der Waals surface area contributed by atoms with Crippen molar-refractivity contribution in [2.45, 2.75) is 32.4 Å². The summed E-state index contributed by atoms with van der Waals surface area (Å²) in [6.07, 6.45) is 3.79. The first-order valence-electron chi connectivity index (χ1n) is 8.94. The molecule has 7 nitrogen and oxygen atoms in total. The van der Waals surface area contributed by atoms with Crippen molar-refractivity contribution in [2.75, 3.05) is 31.6 Å². The summed E-state index contributed by atoms with van der Waals surface area (Å²) >= 11 is 0. The summed E-state index contributed by atoms with van der Waals surface area (Å²) < 4.78 is 2.08. The standard InChI is InChI=1S/C18H27N7/c1-3-17-23-21-14-25(17)12-10-20-18(19-2)22-15-9-11-24(13-15)16-7-5-4-6-8-16/h4-8,14-15H,3,9-13H2,1-2H3,(H2,19,20,22). The molecule has 0 aliphatic carbocycles. The van der Waals surface area contributed by atoms with Crippen LogP contribution in [0.3, 0.4) is 0 Å². The molecule has 0 bridgehead atoms. The van der Waals surface area contributed by atoms with Crippen LogP contribution in [0.25, 0.3) is 0 Å². The molecular weight excluding hydrogens is 314 g/mol. The number of hydrogen-bond donors (Lipinski definition) is 2. The van der Waals surface area contributed by atoms with Gasteiger partial charge in [0.05, 0.1) is 0 Å². The maximum Gasteiger partial charge on any atom is 0.191 e. The lowest BCUT2D eigenvalue weighted by Gasteiger charge is -2.20. The molecule has 1 aliphatic rings. The Hall–Kier alpha value is -2.57. The first-order valence-corrected chi connectivity index (χ1v) is 8.94. The van der Waals surface area contributed by atoms with E-state index in [4.69, 9.17) is 0 Å². The topological polar surface area (TPSA) is 70.4 Å². The highest BCUT2D eigenvalue weighted by Crippen LogP contribution is 2.19. The van der Waals surface area contributed by atoms with E-state index in [2.05, 4.69) is 72.5 Å². The van der Waals surface area contributed by atoms with Crippen LogP contribution >= 0.6 is 0 Å². The van der Waals surface area contributed by atoms with Gasteiger partial charge in [0.15, 0.2) is 5.96 Å². The number of aromatic nitrogens is 3. The Morgan fingerprint density at radius 1 is 1.32 bits per heavy atom. The number of para-hydroxylation sites is 1. The van der Waals surface area contributed by atoms with Crippen LogP contribution < -0.4 is 15.5 Å². The Kier molecular flexibility index (Phi) is 5.87. The molecule has 0 amide bonds.